The predicted molar refractivity (Wildman–Crippen MR) is 112 cm³/mol. The molecule has 3 aromatic rings. The van der Waals surface area contributed by atoms with E-state index in [1.165, 1.54) is 5.56 Å². The zero-order chi connectivity index (χ0) is 21.1. The van der Waals surface area contributed by atoms with Crippen molar-refractivity contribution in [1.82, 2.24) is 15.0 Å². The zero-order valence-electron chi connectivity index (χ0n) is 17.4. The summed E-state index contributed by atoms with van der Waals surface area (Å²) in [6, 6.07) is 13.4. The number of benzene rings is 2. The van der Waals surface area contributed by atoms with Crippen LogP contribution in [0, 0.1) is 6.92 Å². The molecule has 1 aliphatic rings. The molecule has 7 heteroatoms. The van der Waals surface area contributed by atoms with E-state index in [1.54, 1.807) is 26.4 Å². The van der Waals surface area contributed by atoms with E-state index in [4.69, 9.17) is 14.0 Å². The molecule has 0 unspecified atom stereocenters. The number of carbonyl (C=O) groups excluding carboxylic acids is 1. The van der Waals surface area contributed by atoms with E-state index in [2.05, 4.69) is 10.1 Å². The zero-order valence-corrected chi connectivity index (χ0v) is 17.4. The average molecular weight is 407 g/mol. The molecule has 0 bridgehead atoms. The van der Waals surface area contributed by atoms with Gasteiger partial charge in [0.25, 0.3) is 5.91 Å². The van der Waals surface area contributed by atoms with Gasteiger partial charge in [-0.3, -0.25) is 4.79 Å². The highest BCUT2D eigenvalue weighted by atomic mass is 16.5. The van der Waals surface area contributed by atoms with E-state index >= 15 is 0 Å². The fourth-order valence-electron chi connectivity index (χ4n) is 3.77. The molecule has 4 rings (SSSR count). The second kappa shape index (κ2) is 8.57. The van der Waals surface area contributed by atoms with Gasteiger partial charge < -0.3 is 18.9 Å². The number of carbonyl (C=O) groups is 1. The average Bonchev–Trinajstić information content (AvgIpc) is 3.29. The quantitative estimate of drug-likeness (QED) is 0.634. The first-order chi connectivity index (χ1) is 14.6. The number of ether oxygens (including phenoxy) is 2. The molecule has 30 heavy (non-hydrogen) atoms. The first-order valence-corrected chi connectivity index (χ1v) is 10.0. The predicted octanol–water partition coefficient (Wildman–Crippen LogP) is 4.08. The van der Waals surface area contributed by atoms with Crippen LogP contribution in [0.25, 0.3) is 11.4 Å². The molecule has 7 nitrogen and oxygen atoms in total. The normalized spacial score (nSPS) is 14.6. The van der Waals surface area contributed by atoms with Crippen molar-refractivity contribution in [2.45, 2.75) is 25.7 Å². The fourth-order valence-corrected chi connectivity index (χ4v) is 3.77. The molecular weight excluding hydrogens is 382 g/mol. The second-order valence-corrected chi connectivity index (χ2v) is 7.43. The summed E-state index contributed by atoms with van der Waals surface area (Å²) >= 11 is 0. The largest absolute Gasteiger partial charge is 0.496 e. The Balaban J connectivity index is 1.45. The molecule has 1 saturated heterocycles. The van der Waals surface area contributed by atoms with Crippen molar-refractivity contribution in [3.05, 3.63) is 59.5 Å². The van der Waals surface area contributed by atoms with Gasteiger partial charge in [-0.05, 0) is 31.9 Å². The van der Waals surface area contributed by atoms with Crippen LogP contribution in [0.1, 0.15) is 40.6 Å². The van der Waals surface area contributed by atoms with Gasteiger partial charge in [0.15, 0.2) is 0 Å². The van der Waals surface area contributed by atoms with Gasteiger partial charge in [0.1, 0.15) is 17.1 Å². The topological polar surface area (TPSA) is 77.7 Å². The fraction of sp³-hybridized carbons (Fsp3) is 0.348. The van der Waals surface area contributed by atoms with Crippen molar-refractivity contribution in [2.24, 2.45) is 0 Å². The van der Waals surface area contributed by atoms with Crippen molar-refractivity contribution in [1.29, 1.82) is 0 Å². The minimum Gasteiger partial charge on any atom is -0.496 e. The molecule has 1 amide bonds. The Morgan fingerprint density at radius 3 is 2.27 bits per heavy atom. The van der Waals surface area contributed by atoms with Gasteiger partial charge in [-0.2, -0.15) is 4.98 Å². The van der Waals surface area contributed by atoms with Crippen LogP contribution in [0.4, 0.5) is 0 Å². The van der Waals surface area contributed by atoms with Crippen molar-refractivity contribution < 1.29 is 18.8 Å². The number of piperidine rings is 1. The highest BCUT2D eigenvalue weighted by Gasteiger charge is 2.30. The maximum atomic E-state index is 13.1. The third-order valence-corrected chi connectivity index (χ3v) is 5.52. The molecule has 0 radical (unpaired) electrons. The molecule has 0 spiro atoms. The Kier molecular flexibility index (Phi) is 5.70. The summed E-state index contributed by atoms with van der Waals surface area (Å²) in [6.07, 6.45) is 1.53. The van der Waals surface area contributed by atoms with Crippen LogP contribution >= 0.6 is 0 Å². The van der Waals surface area contributed by atoms with Crippen molar-refractivity contribution >= 4 is 5.91 Å². The van der Waals surface area contributed by atoms with Gasteiger partial charge in [0.2, 0.25) is 11.7 Å². The van der Waals surface area contributed by atoms with Gasteiger partial charge in [-0.1, -0.05) is 41.1 Å². The molecule has 0 aliphatic carbocycles. The van der Waals surface area contributed by atoms with Crippen LogP contribution in [0.2, 0.25) is 0 Å². The minimum atomic E-state index is -0.0892. The Morgan fingerprint density at radius 2 is 1.67 bits per heavy atom. The minimum absolute atomic E-state index is 0.0892. The van der Waals surface area contributed by atoms with Crippen LogP contribution < -0.4 is 9.47 Å². The number of rotatable bonds is 5. The molecule has 2 aromatic carbocycles. The van der Waals surface area contributed by atoms with Crippen LogP contribution in [0.5, 0.6) is 11.5 Å². The number of hydrogen-bond donors (Lipinski definition) is 0. The lowest BCUT2D eigenvalue weighted by atomic mass is 9.96. The van der Waals surface area contributed by atoms with E-state index in [0.29, 0.717) is 41.9 Å². The SMILES string of the molecule is COc1cccc(OC)c1C(=O)N1CCC(c2nc(-c3ccc(C)cc3)no2)CC1. The number of nitrogens with zero attached hydrogens (tertiary/aromatic N) is 3. The third-order valence-electron chi connectivity index (χ3n) is 5.52. The van der Waals surface area contributed by atoms with E-state index in [-0.39, 0.29) is 11.8 Å². The van der Waals surface area contributed by atoms with Crippen LogP contribution in [0.15, 0.2) is 47.0 Å². The lowest BCUT2D eigenvalue weighted by molar-refractivity contribution is 0.0697. The molecule has 0 atom stereocenters. The number of hydrogen-bond acceptors (Lipinski definition) is 6. The summed E-state index contributed by atoms with van der Waals surface area (Å²) in [6.45, 7) is 3.25. The first-order valence-electron chi connectivity index (χ1n) is 10.0. The summed E-state index contributed by atoms with van der Waals surface area (Å²) in [5.41, 5.74) is 2.58. The number of aryl methyl sites for hydroxylation is 1. The third kappa shape index (κ3) is 3.87. The second-order valence-electron chi connectivity index (χ2n) is 7.43. The number of aromatic nitrogens is 2. The molecular formula is C23H25N3O4. The van der Waals surface area contributed by atoms with E-state index in [1.807, 2.05) is 42.2 Å². The molecule has 0 saturated carbocycles. The van der Waals surface area contributed by atoms with Crippen molar-refractivity contribution in [3.8, 4) is 22.9 Å². The summed E-state index contributed by atoms with van der Waals surface area (Å²) in [5, 5.41) is 4.14. The Morgan fingerprint density at radius 1 is 1.03 bits per heavy atom. The van der Waals surface area contributed by atoms with Crippen LogP contribution in [-0.4, -0.2) is 48.3 Å². The lowest BCUT2D eigenvalue weighted by Gasteiger charge is -2.31. The molecule has 1 aromatic heterocycles. The van der Waals surface area contributed by atoms with Crippen LogP contribution in [0.3, 0.4) is 0 Å². The van der Waals surface area contributed by atoms with Crippen molar-refractivity contribution in [2.75, 3.05) is 27.3 Å². The summed E-state index contributed by atoms with van der Waals surface area (Å²) in [7, 11) is 3.11. The maximum absolute atomic E-state index is 13.1. The highest BCUT2D eigenvalue weighted by Crippen LogP contribution is 2.33. The van der Waals surface area contributed by atoms with Crippen LogP contribution in [-0.2, 0) is 0 Å². The maximum Gasteiger partial charge on any atom is 0.261 e. The van der Waals surface area contributed by atoms with E-state index in [0.717, 1.165) is 18.4 Å². The Labute approximate surface area is 175 Å². The summed E-state index contributed by atoms with van der Waals surface area (Å²) in [4.78, 5) is 19.6. The van der Waals surface area contributed by atoms with E-state index in [9.17, 15) is 4.79 Å². The standard InChI is InChI=1S/C23H25N3O4/c1-15-7-9-16(10-8-15)21-24-22(30-25-21)17-11-13-26(14-12-17)23(27)20-18(28-2)5-4-6-19(20)29-3/h4-10,17H,11-14H2,1-3H3. The Bertz CT molecular complexity index is 999. The summed E-state index contributed by atoms with van der Waals surface area (Å²) < 4.78 is 16.3. The monoisotopic (exact) mass is 407 g/mol. The van der Waals surface area contributed by atoms with Gasteiger partial charge in [0, 0.05) is 24.6 Å². The molecule has 156 valence electrons. The van der Waals surface area contributed by atoms with E-state index < -0.39 is 0 Å². The van der Waals surface area contributed by atoms with Gasteiger partial charge in [-0.15, -0.1) is 0 Å². The Hall–Kier alpha value is -3.35. The molecule has 1 fully saturated rings. The molecule has 2 heterocycles. The smallest absolute Gasteiger partial charge is 0.261 e. The van der Waals surface area contributed by atoms with Crippen molar-refractivity contribution in [3.63, 3.8) is 0 Å². The lowest BCUT2D eigenvalue weighted by Crippen LogP contribution is -2.38. The van der Waals surface area contributed by atoms with Gasteiger partial charge in [-0.25, -0.2) is 0 Å². The molecule has 0 N–H and O–H groups in total. The summed E-state index contributed by atoms with van der Waals surface area (Å²) in [5.74, 6) is 2.31. The number of methoxy groups -OCH3 is 2. The molecule has 1 aliphatic heterocycles. The number of likely N-dealkylation sites (tertiary alicyclic amines) is 1. The number of amides is 1. The van der Waals surface area contributed by atoms with Gasteiger partial charge >= 0.3 is 0 Å². The highest BCUT2D eigenvalue weighted by molar-refractivity contribution is 5.99. The first kappa shape index (κ1) is 19.9. The van der Waals surface area contributed by atoms with Gasteiger partial charge in [0.05, 0.1) is 14.2 Å².